The van der Waals surface area contributed by atoms with Crippen LogP contribution in [0.25, 0.3) is 0 Å². The highest BCUT2D eigenvalue weighted by Crippen LogP contribution is 2.61. The average Bonchev–Trinajstić information content (AvgIpc) is 2.56. The first-order valence-electron chi connectivity index (χ1n) is 9.20. The van der Waals surface area contributed by atoms with Crippen LogP contribution >= 0.6 is 0 Å². The van der Waals surface area contributed by atoms with Gasteiger partial charge < -0.3 is 15.2 Å². The van der Waals surface area contributed by atoms with Gasteiger partial charge in [0.2, 0.25) is 0 Å². The Labute approximate surface area is 151 Å². The van der Waals surface area contributed by atoms with Gasteiger partial charge >= 0.3 is 11.7 Å². The summed E-state index contributed by atoms with van der Waals surface area (Å²) in [6, 6.07) is 5.21. The molecule has 4 fully saturated rings. The first kappa shape index (κ1) is 17.1. The number of aliphatic carboxylic acids is 1. The molecule has 140 valence electrons. The van der Waals surface area contributed by atoms with E-state index in [9.17, 15) is 20.0 Å². The van der Waals surface area contributed by atoms with Gasteiger partial charge in [0.05, 0.1) is 18.5 Å². The maximum Gasteiger partial charge on any atom is 0.311 e. The number of nitrogens with one attached hydrogen (secondary N) is 1. The zero-order valence-electron chi connectivity index (χ0n) is 14.8. The molecule has 2 unspecified atom stereocenters. The second-order valence-corrected chi connectivity index (χ2v) is 8.35. The highest BCUT2D eigenvalue weighted by Gasteiger charge is 2.55. The summed E-state index contributed by atoms with van der Waals surface area (Å²) in [5.41, 5.74) is 0.772. The maximum absolute atomic E-state index is 11.3. The van der Waals surface area contributed by atoms with E-state index in [-0.39, 0.29) is 23.3 Å². The van der Waals surface area contributed by atoms with E-state index >= 15 is 0 Å². The van der Waals surface area contributed by atoms with E-state index in [4.69, 9.17) is 4.74 Å². The minimum atomic E-state index is -0.684. The van der Waals surface area contributed by atoms with Crippen molar-refractivity contribution in [2.45, 2.75) is 44.6 Å². The van der Waals surface area contributed by atoms with Gasteiger partial charge in [0, 0.05) is 23.9 Å². The number of benzene rings is 1. The highest BCUT2D eigenvalue weighted by atomic mass is 16.6. The van der Waals surface area contributed by atoms with Crippen LogP contribution in [-0.2, 0) is 4.79 Å². The van der Waals surface area contributed by atoms with Crippen molar-refractivity contribution in [3.8, 4) is 5.75 Å². The van der Waals surface area contributed by atoms with Crippen molar-refractivity contribution in [1.29, 1.82) is 0 Å². The Morgan fingerprint density at radius 1 is 1.35 bits per heavy atom. The van der Waals surface area contributed by atoms with Crippen LogP contribution in [0.3, 0.4) is 0 Å². The van der Waals surface area contributed by atoms with Crippen molar-refractivity contribution in [3.05, 3.63) is 28.3 Å². The summed E-state index contributed by atoms with van der Waals surface area (Å²) in [5, 5.41) is 24.0. The summed E-state index contributed by atoms with van der Waals surface area (Å²) < 4.78 is 5.17. The fraction of sp³-hybridized carbons (Fsp3) is 0.632. The molecule has 0 amide bonds. The van der Waals surface area contributed by atoms with Crippen molar-refractivity contribution < 1.29 is 19.6 Å². The van der Waals surface area contributed by atoms with E-state index in [2.05, 4.69) is 5.32 Å². The average molecular weight is 360 g/mol. The molecule has 26 heavy (non-hydrogen) atoms. The summed E-state index contributed by atoms with van der Waals surface area (Å²) in [6.07, 6.45) is 5.58. The normalized spacial score (nSPS) is 34.5. The van der Waals surface area contributed by atoms with Gasteiger partial charge in [-0.2, -0.15) is 0 Å². The first-order valence-corrected chi connectivity index (χ1v) is 9.20. The fourth-order valence-electron chi connectivity index (χ4n) is 6.08. The number of nitro benzene ring substituents is 1. The molecule has 4 saturated carbocycles. The third-order valence-electron chi connectivity index (χ3n) is 6.64. The number of carboxylic acid groups (broad SMARTS) is 1. The van der Waals surface area contributed by atoms with Gasteiger partial charge in [-0.1, -0.05) is 0 Å². The lowest BCUT2D eigenvalue weighted by atomic mass is 9.47. The number of ether oxygens (including phenoxy) is 1. The number of rotatable bonds is 6. The van der Waals surface area contributed by atoms with Crippen molar-refractivity contribution in [2.75, 3.05) is 12.4 Å². The molecule has 4 aliphatic carbocycles. The van der Waals surface area contributed by atoms with E-state index in [0.29, 0.717) is 23.8 Å². The molecule has 5 rings (SSSR count). The van der Waals surface area contributed by atoms with Gasteiger partial charge in [0.25, 0.3) is 0 Å². The minimum Gasteiger partial charge on any atom is -0.490 e. The van der Waals surface area contributed by atoms with Crippen LogP contribution in [0.4, 0.5) is 11.4 Å². The number of carbonyl (C=O) groups is 1. The molecule has 4 aliphatic rings. The topological polar surface area (TPSA) is 102 Å². The Bertz CT molecular complexity index is 733. The number of hydrogen-bond donors (Lipinski definition) is 2. The Morgan fingerprint density at radius 3 is 2.62 bits per heavy atom. The Kier molecular flexibility index (Phi) is 4.04. The number of carboxylic acids is 1. The first-order chi connectivity index (χ1) is 12.4. The van der Waals surface area contributed by atoms with Crippen LogP contribution in [-0.4, -0.2) is 29.2 Å². The van der Waals surface area contributed by atoms with E-state index in [0.717, 1.165) is 37.8 Å². The molecule has 0 aliphatic heterocycles. The van der Waals surface area contributed by atoms with E-state index in [1.54, 1.807) is 12.1 Å². The summed E-state index contributed by atoms with van der Waals surface area (Å²) >= 11 is 0. The zero-order chi connectivity index (χ0) is 18.5. The van der Waals surface area contributed by atoms with Crippen LogP contribution in [0.5, 0.6) is 5.75 Å². The predicted molar refractivity (Wildman–Crippen MR) is 95.3 cm³/mol. The molecule has 0 heterocycles. The van der Waals surface area contributed by atoms with Crippen molar-refractivity contribution >= 4 is 17.3 Å². The predicted octanol–water partition coefficient (Wildman–Crippen LogP) is 3.68. The molecule has 2 N–H and O–H groups in total. The van der Waals surface area contributed by atoms with Crippen LogP contribution < -0.4 is 10.1 Å². The largest absolute Gasteiger partial charge is 0.490 e. The zero-order valence-corrected chi connectivity index (χ0v) is 14.8. The molecule has 7 nitrogen and oxygen atoms in total. The van der Waals surface area contributed by atoms with Gasteiger partial charge in [-0.3, -0.25) is 14.9 Å². The van der Waals surface area contributed by atoms with E-state index in [1.165, 1.54) is 13.2 Å². The molecular formula is C19H24N2O5. The summed E-state index contributed by atoms with van der Waals surface area (Å²) in [6.45, 7) is 0. The molecular weight excluding hydrogens is 336 g/mol. The minimum absolute atomic E-state index is 0.0202. The van der Waals surface area contributed by atoms with Crippen molar-refractivity contribution in [3.63, 3.8) is 0 Å². The van der Waals surface area contributed by atoms with E-state index < -0.39 is 10.9 Å². The SMILES string of the molecule is COc1cc(NC2C3CC4CC2CC(CC(=O)O)(C4)C3)ccc1[N+](=O)[O-]. The van der Waals surface area contributed by atoms with Gasteiger partial charge in [-0.15, -0.1) is 0 Å². The monoisotopic (exact) mass is 360 g/mol. The Hall–Kier alpha value is -2.31. The quantitative estimate of drug-likeness (QED) is 0.593. The number of nitro groups is 1. The second kappa shape index (κ2) is 6.14. The van der Waals surface area contributed by atoms with E-state index in [1.807, 2.05) is 0 Å². The summed E-state index contributed by atoms with van der Waals surface area (Å²) in [5.74, 6) is 1.17. The molecule has 0 radical (unpaired) electrons. The van der Waals surface area contributed by atoms with Crippen LogP contribution in [0, 0.1) is 33.3 Å². The van der Waals surface area contributed by atoms with Crippen LogP contribution in [0.15, 0.2) is 18.2 Å². The molecule has 0 saturated heterocycles. The molecule has 0 aromatic heterocycles. The molecule has 2 atom stereocenters. The van der Waals surface area contributed by atoms with Gasteiger partial charge in [-0.05, 0) is 61.3 Å². The summed E-state index contributed by atoms with van der Waals surface area (Å²) in [7, 11) is 1.44. The van der Waals surface area contributed by atoms with Crippen LogP contribution in [0.1, 0.15) is 38.5 Å². The maximum atomic E-state index is 11.3. The smallest absolute Gasteiger partial charge is 0.311 e. The molecule has 7 heteroatoms. The molecule has 4 bridgehead atoms. The highest BCUT2D eigenvalue weighted by molar-refractivity contribution is 5.68. The third-order valence-corrected chi connectivity index (χ3v) is 6.64. The van der Waals surface area contributed by atoms with Gasteiger partial charge in [0.15, 0.2) is 5.75 Å². The fourth-order valence-corrected chi connectivity index (χ4v) is 6.08. The standard InChI is InChI=1S/C19H24N2O5/c1-26-16-6-14(2-3-15(16)21(24)25)20-18-12-4-11-5-13(18)9-19(7-11,8-12)10-17(22)23/h2-3,6,11-13,18,20H,4-5,7-10H2,1H3,(H,22,23). The lowest BCUT2D eigenvalue weighted by Crippen LogP contribution is -2.56. The number of anilines is 1. The second-order valence-electron chi connectivity index (χ2n) is 8.35. The molecule has 1 aromatic carbocycles. The van der Waals surface area contributed by atoms with Gasteiger partial charge in [0.1, 0.15) is 0 Å². The lowest BCUT2D eigenvalue weighted by molar-refractivity contribution is -0.385. The Morgan fingerprint density at radius 2 is 2.04 bits per heavy atom. The molecule has 0 spiro atoms. The number of nitrogens with zero attached hydrogens (tertiary/aromatic N) is 1. The third kappa shape index (κ3) is 2.89. The lowest BCUT2D eigenvalue weighted by Gasteiger charge is -2.60. The van der Waals surface area contributed by atoms with Crippen molar-refractivity contribution in [2.24, 2.45) is 23.2 Å². The number of methoxy groups -OCH3 is 1. The Balaban J connectivity index is 1.54. The van der Waals surface area contributed by atoms with Crippen LogP contribution in [0.2, 0.25) is 0 Å². The summed E-state index contributed by atoms with van der Waals surface area (Å²) in [4.78, 5) is 21.9. The number of hydrogen-bond acceptors (Lipinski definition) is 5. The van der Waals surface area contributed by atoms with Crippen molar-refractivity contribution in [1.82, 2.24) is 0 Å². The molecule has 1 aromatic rings. The van der Waals surface area contributed by atoms with Gasteiger partial charge in [-0.25, -0.2) is 0 Å².